The molecule has 0 aliphatic rings. The van der Waals surface area contributed by atoms with Crippen LogP contribution in [0, 0.1) is 24.0 Å². The molecule has 0 fully saturated rings. The van der Waals surface area contributed by atoms with E-state index in [1.54, 1.807) is 12.1 Å². The Morgan fingerprint density at radius 1 is 1.29 bits per heavy atom. The van der Waals surface area contributed by atoms with Crippen molar-refractivity contribution in [1.82, 2.24) is 4.85 Å². The number of benzene rings is 1. The van der Waals surface area contributed by atoms with E-state index in [-0.39, 0.29) is 21.9 Å². The van der Waals surface area contributed by atoms with Crippen molar-refractivity contribution in [3.63, 3.8) is 0 Å². The highest BCUT2D eigenvalue weighted by atomic mass is 16.6. The standard InChI is InChI=1S/C11H11N3O3/c1-7-3-5-9(6-4-7)11-10(12-15)8(2)13(16)14(11)17/h3-6,17H,1-2H3. The maximum atomic E-state index is 11.4. The third-order valence-electron chi connectivity index (χ3n) is 2.64. The molecular weight excluding hydrogens is 222 g/mol. The molecule has 6 nitrogen and oxygen atoms in total. The van der Waals surface area contributed by atoms with E-state index < -0.39 is 0 Å². The summed E-state index contributed by atoms with van der Waals surface area (Å²) in [5.41, 5.74) is 1.72. The molecule has 0 saturated heterocycles. The zero-order valence-electron chi connectivity index (χ0n) is 9.41. The molecule has 6 heteroatoms. The minimum absolute atomic E-state index is 0.0497. The Kier molecular flexibility index (Phi) is 2.55. The molecule has 0 radical (unpaired) electrons. The molecule has 0 saturated carbocycles. The van der Waals surface area contributed by atoms with Crippen molar-refractivity contribution >= 4 is 5.69 Å². The lowest BCUT2D eigenvalue weighted by Crippen LogP contribution is -2.38. The van der Waals surface area contributed by atoms with Crippen molar-refractivity contribution in [1.29, 1.82) is 0 Å². The number of aryl methyl sites for hydroxylation is 1. The summed E-state index contributed by atoms with van der Waals surface area (Å²) in [5.74, 6) is 0. The molecule has 1 N–H and O–H groups in total. The van der Waals surface area contributed by atoms with E-state index in [1.807, 2.05) is 19.1 Å². The van der Waals surface area contributed by atoms with Crippen LogP contribution in [0.25, 0.3) is 11.3 Å². The summed E-state index contributed by atoms with van der Waals surface area (Å²) in [7, 11) is 0. The second-order valence-electron chi connectivity index (χ2n) is 3.80. The molecule has 1 heterocycles. The second kappa shape index (κ2) is 3.89. The van der Waals surface area contributed by atoms with Crippen molar-refractivity contribution in [3.05, 3.63) is 45.6 Å². The third kappa shape index (κ3) is 1.63. The van der Waals surface area contributed by atoms with Crippen LogP contribution in [0.15, 0.2) is 29.4 Å². The van der Waals surface area contributed by atoms with Crippen LogP contribution in [0.3, 0.4) is 0 Å². The van der Waals surface area contributed by atoms with Gasteiger partial charge in [0.1, 0.15) is 0 Å². The molecule has 2 aromatic rings. The molecule has 17 heavy (non-hydrogen) atoms. The number of hydrogen-bond donors (Lipinski definition) is 1. The van der Waals surface area contributed by atoms with Gasteiger partial charge in [0.15, 0.2) is 5.69 Å². The van der Waals surface area contributed by atoms with E-state index in [0.717, 1.165) is 5.56 Å². The maximum absolute atomic E-state index is 11.4. The van der Waals surface area contributed by atoms with Gasteiger partial charge in [0.2, 0.25) is 5.69 Å². The molecule has 0 aliphatic heterocycles. The first-order valence-electron chi connectivity index (χ1n) is 5.01. The molecule has 0 amide bonds. The molecule has 0 spiro atoms. The summed E-state index contributed by atoms with van der Waals surface area (Å²) in [6.45, 7) is 3.34. The lowest BCUT2D eigenvalue weighted by atomic mass is 10.1. The third-order valence-corrected chi connectivity index (χ3v) is 2.64. The molecule has 2 rings (SSSR count). The monoisotopic (exact) mass is 233 g/mol. The van der Waals surface area contributed by atoms with Crippen LogP contribution in [0.2, 0.25) is 0 Å². The van der Waals surface area contributed by atoms with Gasteiger partial charge in [0.05, 0.1) is 0 Å². The van der Waals surface area contributed by atoms with Gasteiger partial charge in [-0.2, -0.15) is 0 Å². The number of nitrogens with zero attached hydrogens (tertiary/aromatic N) is 3. The quantitative estimate of drug-likeness (QED) is 0.373. The van der Waals surface area contributed by atoms with E-state index in [1.165, 1.54) is 6.92 Å². The van der Waals surface area contributed by atoms with Crippen molar-refractivity contribution < 1.29 is 10.1 Å². The molecule has 0 bridgehead atoms. The summed E-state index contributed by atoms with van der Waals surface area (Å²) in [4.78, 5) is 11.3. The van der Waals surface area contributed by atoms with E-state index in [9.17, 15) is 15.3 Å². The van der Waals surface area contributed by atoms with Crippen LogP contribution in [0.5, 0.6) is 0 Å². The minimum Gasteiger partial charge on any atom is -0.593 e. The molecule has 88 valence electrons. The van der Waals surface area contributed by atoms with Crippen LogP contribution in [-0.4, -0.2) is 10.1 Å². The zero-order valence-corrected chi connectivity index (χ0v) is 9.41. The van der Waals surface area contributed by atoms with Crippen molar-refractivity contribution in [2.45, 2.75) is 13.8 Å². The maximum Gasteiger partial charge on any atom is 0.251 e. The summed E-state index contributed by atoms with van der Waals surface area (Å²) in [5, 5.41) is 23.9. The van der Waals surface area contributed by atoms with Crippen LogP contribution in [-0.2, 0) is 0 Å². The summed E-state index contributed by atoms with van der Waals surface area (Å²) in [6.07, 6.45) is 0. The second-order valence-corrected chi connectivity index (χ2v) is 3.80. The first-order valence-corrected chi connectivity index (χ1v) is 5.01. The van der Waals surface area contributed by atoms with Crippen LogP contribution >= 0.6 is 0 Å². The Morgan fingerprint density at radius 2 is 1.88 bits per heavy atom. The smallest absolute Gasteiger partial charge is 0.251 e. The van der Waals surface area contributed by atoms with Crippen LogP contribution < -0.4 is 4.85 Å². The molecular formula is C11H11N3O3. The fourth-order valence-corrected chi connectivity index (χ4v) is 1.66. The van der Waals surface area contributed by atoms with E-state index in [4.69, 9.17) is 0 Å². The fraction of sp³-hybridized carbons (Fsp3) is 0.182. The molecule has 0 aliphatic carbocycles. The first-order chi connectivity index (χ1) is 8.06. The number of hydrogen-bond acceptors (Lipinski definition) is 4. The summed E-state index contributed by atoms with van der Waals surface area (Å²) in [6, 6.07) is 7.07. The van der Waals surface area contributed by atoms with Gasteiger partial charge in [0.25, 0.3) is 5.69 Å². The molecule has 1 aromatic carbocycles. The summed E-state index contributed by atoms with van der Waals surface area (Å²) >= 11 is 0. The van der Waals surface area contributed by atoms with Crippen LogP contribution in [0.4, 0.5) is 5.69 Å². The highest BCUT2D eigenvalue weighted by molar-refractivity contribution is 5.72. The van der Waals surface area contributed by atoms with Crippen LogP contribution in [0.1, 0.15) is 11.3 Å². The molecule has 0 atom stereocenters. The van der Waals surface area contributed by atoms with Gasteiger partial charge in [-0.25, -0.2) is 0 Å². The predicted molar refractivity (Wildman–Crippen MR) is 60.9 cm³/mol. The Morgan fingerprint density at radius 3 is 2.41 bits per heavy atom. The SMILES string of the molecule is Cc1ccc(-c2c(N=O)c(C)[n+]([O-])n2O)cc1. The number of rotatable bonds is 2. The Labute approximate surface area is 97.2 Å². The van der Waals surface area contributed by atoms with Crippen molar-refractivity contribution in [2.24, 2.45) is 5.18 Å². The first kappa shape index (κ1) is 11.1. The molecule has 1 aromatic heterocycles. The van der Waals surface area contributed by atoms with Gasteiger partial charge < -0.3 is 10.4 Å². The van der Waals surface area contributed by atoms with E-state index >= 15 is 0 Å². The minimum atomic E-state index is -0.0497. The highest BCUT2D eigenvalue weighted by Crippen LogP contribution is 2.31. The van der Waals surface area contributed by atoms with Gasteiger partial charge in [-0.15, -0.1) is 4.91 Å². The number of nitroso groups, excluding NO2 is 1. The van der Waals surface area contributed by atoms with Crippen molar-refractivity contribution in [3.8, 4) is 11.3 Å². The normalized spacial score (nSPS) is 10.5. The van der Waals surface area contributed by atoms with Gasteiger partial charge in [-0.05, 0) is 16.9 Å². The average Bonchev–Trinajstić information content (AvgIpc) is 2.54. The lowest BCUT2D eigenvalue weighted by Gasteiger charge is -2.00. The zero-order chi connectivity index (χ0) is 12.6. The summed E-state index contributed by atoms with van der Waals surface area (Å²) < 4.78 is 0. The Balaban J connectivity index is 2.70. The Bertz CT molecular complexity index is 573. The predicted octanol–water partition coefficient (Wildman–Crippen LogP) is 2.04. The van der Waals surface area contributed by atoms with Gasteiger partial charge in [-0.3, -0.25) is 0 Å². The Hall–Kier alpha value is -2.37. The van der Waals surface area contributed by atoms with E-state index in [0.29, 0.717) is 10.4 Å². The highest BCUT2D eigenvalue weighted by Gasteiger charge is 2.26. The fourth-order valence-electron chi connectivity index (χ4n) is 1.66. The van der Waals surface area contributed by atoms with Crippen molar-refractivity contribution in [2.75, 3.05) is 0 Å². The molecule has 0 unspecified atom stereocenters. The topological polar surface area (TPSA) is 81.5 Å². The largest absolute Gasteiger partial charge is 0.593 e. The average molecular weight is 233 g/mol. The van der Waals surface area contributed by atoms with Gasteiger partial charge >= 0.3 is 0 Å². The van der Waals surface area contributed by atoms with Gasteiger partial charge in [-0.1, -0.05) is 29.8 Å². The van der Waals surface area contributed by atoms with E-state index in [2.05, 4.69) is 5.18 Å². The number of aromatic nitrogens is 2. The lowest BCUT2D eigenvalue weighted by molar-refractivity contribution is -0.728. The van der Waals surface area contributed by atoms with Gasteiger partial charge in [0, 0.05) is 17.3 Å².